The summed E-state index contributed by atoms with van der Waals surface area (Å²) >= 11 is 0. The average molecular weight is 376 g/mol. The van der Waals surface area contributed by atoms with E-state index in [0.717, 1.165) is 34.8 Å². The van der Waals surface area contributed by atoms with Crippen LogP contribution in [-0.2, 0) is 18.4 Å². The summed E-state index contributed by atoms with van der Waals surface area (Å²) in [6.07, 6.45) is 2.04. The summed E-state index contributed by atoms with van der Waals surface area (Å²) in [6, 6.07) is 17.8. The molecule has 0 atom stereocenters. The SMILES string of the molecule is COc1cccc(N2CCN(Cc3cn(C)nc3-c3ccccc3)CC2=O)c1. The van der Waals surface area contributed by atoms with Crippen LogP contribution in [0.4, 0.5) is 5.69 Å². The van der Waals surface area contributed by atoms with Gasteiger partial charge in [-0.3, -0.25) is 14.4 Å². The summed E-state index contributed by atoms with van der Waals surface area (Å²) in [6.45, 7) is 2.56. The highest BCUT2D eigenvalue weighted by molar-refractivity contribution is 5.95. The van der Waals surface area contributed by atoms with Crippen molar-refractivity contribution in [2.75, 3.05) is 31.6 Å². The van der Waals surface area contributed by atoms with E-state index in [1.54, 1.807) is 7.11 Å². The number of ether oxygens (including phenoxy) is 1. The van der Waals surface area contributed by atoms with E-state index < -0.39 is 0 Å². The summed E-state index contributed by atoms with van der Waals surface area (Å²) in [5.74, 6) is 0.861. The molecule has 0 unspecified atom stereocenters. The van der Waals surface area contributed by atoms with E-state index in [4.69, 9.17) is 4.74 Å². The summed E-state index contributed by atoms with van der Waals surface area (Å²) in [7, 11) is 3.57. The molecule has 0 spiro atoms. The molecule has 3 aromatic rings. The maximum atomic E-state index is 12.8. The van der Waals surface area contributed by atoms with Crippen LogP contribution in [0.5, 0.6) is 5.75 Å². The first-order valence-electron chi connectivity index (χ1n) is 9.39. The molecule has 1 aromatic heterocycles. The van der Waals surface area contributed by atoms with Crippen molar-refractivity contribution in [2.24, 2.45) is 7.05 Å². The standard InChI is InChI=1S/C22H24N4O2/c1-24-14-18(22(23-24)17-7-4-3-5-8-17)15-25-11-12-26(21(27)16-25)19-9-6-10-20(13-19)28-2/h3-10,13-14H,11-12,15-16H2,1-2H3. The molecular formula is C22H24N4O2. The molecule has 0 bridgehead atoms. The Bertz CT molecular complexity index is 968. The van der Waals surface area contributed by atoms with Crippen LogP contribution in [0.2, 0.25) is 0 Å². The summed E-state index contributed by atoms with van der Waals surface area (Å²) in [5, 5.41) is 4.63. The summed E-state index contributed by atoms with van der Waals surface area (Å²) < 4.78 is 7.12. The lowest BCUT2D eigenvalue weighted by atomic mass is 10.1. The minimum Gasteiger partial charge on any atom is -0.497 e. The molecule has 144 valence electrons. The van der Waals surface area contributed by atoms with Crippen molar-refractivity contribution >= 4 is 11.6 Å². The monoisotopic (exact) mass is 376 g/mol. The molecule has 2 aromatic carbocycles. The van der Waals surface area contributed by atoms with Crippen molar-refractivity contribution in [3.05, 3.63) is 66.4 Å². The summed E-state index contributed by atoms with van der Waals surface area (Å²) in [4.78, 5) is 16.8. The fourth-order valence-electron chi connectivity index (χ4n) is 3.64. The van der Waals surface area contributed by atoms with Crippen molar-refractivity contribution in [1.82, 2.24) is 14.7 Å². The number of aromatic nitrogens is 2. The van der Waals surface area contributed by atoms with Crippen molar-refractivity contribution in [2.45, 2.75) is 6.54 Å². The Hall–Kier alpha value is -3.12. The first-order valence-corrected chi connectivity index (χ1v) is 9.39. The minimum atomic E-state index is 0.102. The summed E-state index contributed by atoms with van der Waals surface area (Å²) in [5.41, 5.74) is 4.09. The Morgan fingerprint density at radius 2 is 1.89 bits per heavy atom. The number of carbonyl (C=O) groups excluding carboxylic acids is 1. The molecule has 0 radical (unpaired) electrons. The third kappa shape index (κ3) is 3.77. The van der Waals surface area contributed by atoms with Gasteiger partial charge in [-0.15, -0.1) is 0 Å². The van der Waals surface area contributed by atoms with Gasteiger partial charge in [-0.2, -0.15) is 5.10 Å². The van der Waals surface area contributed by atoms with Gasteiger partial charge in [0, 0.05) is 55.8 Å². The predicted octanol–water partition coefficient (Wildman–Crippen LogP) is 2.94. The zero-order valence-electron chi connectivity index (χ0n) is 16.2. The molecule has 0 aliphatic carbocycles. The van der Waals surface area contributed by atoms with Crippen LogP contribution < -0.4 is 9.64 Å². The number of piperazine rings is 1. The Morgan fingerprint density at radius 3 is 2.64 bits per heavy atom. The highest BCUT2D eigenvalue weighted by Crippen LogP contribution is 2.25. The van der Waals surface area contributed by atoms with Gasteiger partial charge in [-0.25, -0.2) is 0 Å². The lowest BCUT2D eigenvalue weighted by Gasteiger charge is -2.34. The van der Waals surface area contributed by atoms with Crippen molar-refractivity contribution in [3.8, 4) is 17.0 Å². The molecule has 28 heavy (non-hydrogen) atoms. The van der Waals surface area contributed by atoms with Crippen LogP contribution in [-0.4, -0.2) is 47.3 Å². The quantitative estimate of drug-likeness (QED) is 0.687. The second-order valence-corrected chi connectivity index (χ2v) is 7.00. The Kier molecular flexibility index (Phi) is 5.12. The molecule has 1 fully saturated rings. The number of benzene rings is 2. The number of aryl methyl sites for hydroxylation is 1. The second kappa shape index (κ2) is 7.86. The Balaban J connectivity index is 1.48. The highest BCUT2D eigenvalue weighted by atomic mass is 16.5. The number of hydrogen-bond donors (Lipinski definition) is 0. The molecule has 2 heterocycles. The van der Waals surface area contributed by atoms with Crippen LogP contribution in [0.3, 0.4) is 0 Å². The molecule has 6 nitrogen and oxygen atoms in total. The predicted molar refractivity (Wildman–Crippen MR) is 109 cm³/mol. The average Bonchev–Trinajstić information content (AvgIpc) is 3.09. The van der Waals surface area contributed by atoms with E-state index in [1.165, 1.54) is 0 Å². The number of amides is 1. The van der Waals surface area contributed by atoms with Crippen LogP contribution in [0.1, 0.15) is 5.56 Å². The van der Waals surface area contributed by atoms with Crippen LogP contribution in [0, 0.1) is 0 Å². The molecule has 1 aliphatic rings. The zero-order chi connectivity index (χ0) is 19.5. The highest BCUT2D eigenvalue weighted by Gasteiger charge is 2.26. The second-order valence-electron chi connectivity index (χ2n) is 7.00. The molecular weight excluding hydrogens is 352 g/mol. The van der Waals surface area contributed by atoms with Gasteiger partial charge < -0.3 is 9.64 Å². The number of rotatable bonds is 5. The molecule has 0 N–H and O–H groups in total. The van der Waals surface area contributed by atoms with Gasteiger partial charge in [0.05, 0.1) is 19.3 Å². The van der Waals surface area contributed by atoms with E-state index in [1.807, 2.05) is 65.3 Å². The third-order valence-electron chi connectivity index (χ3n) is 5.01. The number of nitrogens with zero attached hydrogens (tertiary/aromatic N) is 4. The number of methoxy groups -OCH3 is 1. The van der Waals surface area contributed by atoms with Crippen molar-refractivity contribution in [1.29, 1.82) is 0 Å². The molecule has 0 saturated carbocycles. The van der Waals surface area contributed by atoms with Crippen LogP contribution >= 0.6 is 0 Å². The Labute approximate surface area is 164 Å². The van der Waals surface area contributed by atoms with Gasteiger partial charge in [0.15, 0.2) is 0 Å². The Morgan fingerprint density at radius 1 is 1.07 bits per heavy atom. The van der Waals surface area contributed by atoms with Crippen LogP contribution in [0.25, 0.3) is 11.3 Å². The van der Waals surface area contributed by atoms with Crippen molar-refractivity contribution < 1.29 is 9.53 Å². The number of anilines is 1. The maximum Gasteiger partial charge on any atom is 0.241 e. The fourth-order valence-corrected chi connectivity index (χ4v) is 3.64. The molecule has 1 saturated heterocycles. The molecule has 6 heteroatoms. The third-order valence-corrected chi connectivity index (χ3v) is 5.01. The first-order chi connectivity index (χ1) is 13.6. The van der Waals surface area contributed by atoms with Gasteiger partial charge in [0.25, 0.3) is 0 Å². The fraction of sp³-hybridized carbons (Fsp3) is 0.273. The van der Waals surface area contributed by atoms with E-state index in [-0.39, 0.29) is 5.91 Å². The van der Waals surface area contributed by atoms with Gasteiger partial charge in [0.1, 0.15) is 5.75 Å². The molecule has 1 amide bonds. The first kappa shape index (κ1) is 18.3. The van der Waals surface area contributed by atoms with Gasteiger partial charge in [0.2, 0.25) is 5.91 Å². The van der Waals surface area contributed by atoms with Crippen molar-refractivity contribution in [3.63, 3.8) is 0 Å². The van der Waals surface area contributed by atoms with Gasteiger partial charge in [-0.05, 0) is 12.1 Å². The largest absolute Gasteiger partial charge is 0.497 e. The smallest absolute Gasteiger partial charge is 0.241 e. The zero-order valence-corrected chi connectivity index (χ0v) is 16.2. The van der Waals surface area contributed by atoms with E-state index in [2.05, 4.69) is 22.1 Å². The normalized spacial score (nSPS) is 15.1. The number of hydrogen-bond acceptors (Lipinski definition) is 4. The lowest BCUT2D eigenvalue weighted by molar-refractivity contribution is -0.121. The lowest BCUT2D eigenvalue weighted by Crippen LogP contribution is -2.50. The van der Waals surface area contributed by atoms with Crippen LogP contribution in [0.15, 0.2) is 60.8 Å². The van der Waals surface area contributed by atoms with E-state index >= 15 is 0 Å². The van der Waals surface area contributed by atoms with Gasteiger partial charge in [-0.1, -0.05) is 36.4 Å². The topological polar surface area (TPSA) is 50.6 Å². The number of carbonyl (C=O) groups is 1. The maximum absolute atomic E-state index is 12.8. The van der Waals surface area contributed by atoms with E-state index in [0.29, 0.717) is 19.6 Å². The van der Waals surface area contributed by atoms with E-state index in [9.17, 15) is 4.79 Å². The minimum absolute atomic E-state index is 0.102. The van der Waals surface area contributed by atoms with Gasteiger partial charge >= 0.3 is 0 Å². The molecule has 4 rings (SSSR count). The molecule has 1 aliphatic heterocycles.